The van der Waals surface area contributed by atoms with Gasteiger partial charge in [-0.1, -0.05) is 84.0 Å². The van der Waals surface area contributed by atoms with Gasteiger partial charge in [-0.25, -0.2) is 0 Å². The number of aliphatic carboxylic acids is 2. The lowest BCUT2D eigenvalue weighted by Crippen LogP contribution is -2.45. The Morgan fingerprint density at radius 1 is 0.484 bits per heavy atom. The van der Waals surface area contributed by atoms with Gasteiger partial charge in [0.15, 0.2) is 5.78 Å². The third-order valence-corrected chi connectivity index (χ3v) is 9.85. The molecular weight excluding hydrogens is 835 g/mol. The molecule has 0 spiro atoms. The number of ketones is 1. The van der Waals surface area contributed by atoms with Gasteiger partial charge < -0.3 is 60.9 Å². The zero-order chi connectivity index (χ0) is 47.9. The molecule has 0 unspecified atom stereocenters. The van der Waals surface area contributed by atoms with Gasteiger partial charge in [-0.05, 0) is 52.0 Å². The first-order valence-electron chi connectivity index (χ1n) is 23.5. The third-order valence-electron chi connectivity index (χ3n) is 9.85. The minimum atomic E-state index is -0.988. The highest BCUT2D eigenvalue weighted by Gasteiger charge is 2.20. The summed E-state index contributed by atoms with van der Waals surface area (Å²) in [5.41, 5.74) is 0. The Bertz CT molecular complexity index is 1210. The van der Waals surface area contributed by atoms with Crippen LogP contribution >= 0.6 is 0 Å². The SMILES string of the molecule is CCCOCCOCC(=O)NCCOCCOCC(=O)NCCCC[C@H](NC)C(=O)CO.CNC(=O)[C@H](CCC(=O)O)NC(=O)CCCCCCCCCCCCCCCCC(=O)O. The summed E-state index contributed by atoms with van der Waals surface area (Å²) in [5, 5.41) is 39.6. The van der Waals surface area contributed by atoms with Gasteiger partial charge >= 0.3 is 11.9 Å². The summed E-state index contributed by atoms with van der Waals surface area (Å²) in [7, 11) is 3.15. The summed E-state index contributed by atoms with van der Waals surface area (Å²) in [4.78, 5) is 79.5. The molecule has 0 bridgehead atoms. The molecular formula is C45H85N5O14. The van der Waals surface area contributed by atoms with Crippen molar-refractivity contribution in [3.63, 3.8) is 0 Å². The Morgan fingerprint density at radius 2 is 0.953 bits per heavy atom. The molecule has 0 aliphatic rings. The minimum Gasteiger partial charge on any atom is -0.481 e. The molecule has 0 heterocycles. The highest BCUT2D eigenvalue weighted by molar-refractivity contribution is 5.88. The summed E-state index contributed by atoms with van der Waals surface area (Å²) in [6.45, 7) is 4.85. The molecule has 4 amide bonds. The first-order valence-corrected chi connectivity index (χ1v) is 23.5. The van der Waals surface area contributed by atoms with Crippen LogP contribution in [0.2, 0.25) is 0 Å². The fraction of sp³-hybridized carbons (Fsp3) is 0.844. The molecule has 0 aromatic heterocycles. The van der Waals surface area contributed by atoms with E-state index >= 15 is 0 Å². The van der Waals surface area contributed by atoms with Crippen molar-refractivity contribution in [2.75, 3.05) is 86.6 Å². The molecule has 19 heteroatoms. The van der Waals surface area contributed by atoms with E-state index in [-0.39, 0.29) is 68.1 Å². The third kappa shape index (κ3) is 44.8. The maximum Gasteiger partial charge on any atom is 0.303 e. The predicted molar refractivity (Wildman–Crippen MR) is 243 cm³/mol. The van der Waals surface area contributed by atoms with Crippen LogP contribution in [0.5, 0.6) is 0 Å². The van der Waals surface area contributed by atoms with Crippen LogP contribution in [0, 0.1) is 0 Å². The molecule has 8 N–H and O–H groups in total. The molecule has 374 valence electrons. The molecule has 0 aromatic rings. The van der Waals surface area contributed by atoms with E-state index in [0.717, 1.165) is 57.8 Å². The number of rotatable bonds is 45. The molecule has 0 saturated carbocycles. The zero-order valence-electron chi connectivity index (χ0n) is 39.3. The first-order chi connectivity index (χ1) is 30.9. The highest BCUT2D eigenvalue weighted by Crippen LogP contribution is 2.14. The summed E-state index contributed by atoms with van der Waals surface area (Å²) < 4.78 is 21.0. The largest absolute Gasteiger partial charge is 0.481 e. The van der Waals surface area contributed by atoms with Crippen molar-refractivity contribution in [3.8, 4) is 0 Å². The number of carboxylic acids is 2. The van der Waals surface area contributed by atoms with Crippen molar-refractivity contribution >= 4 is 41.4 Å². The first kappa shape index (κ1) is 62.3. The molecule has 0 aromatic carbocycles. The number of aliphatic hydroxyl groups excluding tert-OH is 1. The van der Waals surface area contributed by atoms with Gasteiger partial charge in [0.05, 0.1) is 39.1 Å². The van der Waals surface area contributed by atoms with Crippen LogP contribution < -0.4 is 26.6 Å². The van der Waals surface area contributed by atoms with E-state index in [1.165, 1.54) is 58.4 Å². The van der Waals surface area contributed by atoms with Crippen LogP contribution in [0.15, 0.2) is 0 Å². The Balaban J connectivity index is 0. The van der Waals surface area contributed by atoms with E-state index in [0.29, 0.717) is 65.4 Å². The topological polar surface area (TPSA) is 277 Å². The number of nitrogens with one attached hydrogen (secondary N) is 5. The number of hydrogen-bond acceptors (Lipinski definition) is 13. The maximum absolute atomic E-state index is 12.0. The number of unbranched alkanes of at least 4 members (excludes halogenated alkanes) is 14. The summed E-state index contributed by atoms with van der Waals surface area (Å²) in [6.07, 6.45) is 19.3. The van der Waals surface area contributed by atoms with Gasteiger partial charge in [-0.15, -0.1) is 0 Å². The highest BCUT2D eigenvalue weighted by atomic mass is 16.5. The summed E-state index contributed by atoms with van der Waals surface area (Å²) >= 11 is 0. The van der Waals surface area contributed by atoms with Gasteiger partial charge in [-0.2, -0.15) is 0 Å². The van der Waals surface area contributed by atoms with Crippen LogP contribution in [0.1, 0.15) is 148 Å². The lowest BCUT2D eigenvalue weighted by Gasteiger charge is -2.16. The number of carboxylic acid groups (broad SMARTS) is 2. The predicted octanol–water partition coefficient (Wildman–Crippen LogP) is 3.42. The lowest BCUT2D eigenvalue weighted by molar-refractivity contribution is -0.138. The van der Waals surface area contributed by atoms with E-state index in [9.17, 15) is 33.6 Å². The molecule has 0 rings (SSSR count). The van der Waals surface area contributed by atoms with Crippen LogP contribution in [-0.2, 0) is 52.5 Å². The van der Waals surface area contributed by atoms with E-state index in [1.54, 1.807) is 7.05 Å². The van der Waals surface area contributed by atoms with E-state index < -0.39 is 24.6 Å². The fourth-order valence-electron chi connectivity index (χ4n) is 6.22. The number of hydrogen-bond donors (Lipinski definition) is 8. The van der Waals surface area contributed by atoms with Gasteiger partial charge in [-0.3, -0.25) is 33.6 Å². The van der Waals surface area contributed by atoms with Gasteiger partial charge in [0.2, 0.25) is 23.6 Å². The molecule has 0 saturated heterocycles. The second-order valence-corrected chi connectivity index (χ2v) is 15.5. The van der Waals surface area contributed by atoms with E-state index in [1.807, 2.05) is 6.92 Å². The Morgan fingerprint density at radius 3 is 1.42 bits per heavy atom. The zero-order valence-corrected chi connectivity index (χ0v) is 39.3. The molecule has 0 radical (unpaired) electrons. The Hall–Kier alpha value is -3.75. The second-order valence-electron chi connectivity index (χ2n) is 15.5. The van der Waals surface area contributed by atoms with E-state index in [4.69, 9.17) is 34.3 Å². The molecule has 2 atom stereocenters. The van der Waals surface area contributed by atoms with Gasteiger partial charge in [0.25, 0.3) is 0 Å². The molecule has 0 aliphatic carbocycles. The number of carbonyl (C=O) groups excluding carboxylic acids is 5. The van der Waals surface area contributed by atoms with E-state index in [2.05, 4.69) is 26.6 Å². The quantitative estimate of drug-likeness (QED) is 0.0407. The number of ether oxygens (including phenoxy) is 4. The molecule has 19 nitrogen and oxygen atoms in total. The van der Waals surface area contributed by atoms with Crippen molar-refractivity contribution < 1.29 is 67.8 Å². The average molecular weight is 920 g/mol. The number of carbonyl (C=O) groups is 7. The fourth-order valence-corrected chi connectivity index (χ4v) is 6.22. The number of amides is 4. The number of Topliss-reactive ketones (excluding diaryl/α,β-unsaturated/α-hetero) is 1. The summed E-state index contributed by atoms with van der Waals surface area (Å²) in [5.74, 6) is -2.91. The van der Waals surface area contributed by atoms with Crippen molar-refractivity contribution in [2.24, 2.45) is 0 Å². The molecule has 64 heavy (non-hydrogen) atoms. The van der Waals surface area contributed by atoms with Crippen LogP contribution in [0.25, 0.3) is 0 Å². The van der Waals surface area contributed by atoms with Crippen molar-refractivity contribution in [1.29, 1.82) is 0 Å². The van der Waals surface area contributed by atoms with Crippen LogP contribution in [-0.4, -0.2) is 155 Å². The monoisotopic (exact) mass is 920 g/mol. The smallest absolute Gasteiger partial charge is 0.303 e. The van der Waals surface area contributed by atoms with Crippen molar-refractivity contribution in [1.82, 2.24) is 26.6 Å². The average Bonchev–Trinajstić information content (AvgIpc) is 3.27. The van der Waals surface area contributed by atoms with Crippen LogP contribution in [0.4, 0.5) is 0 Å². The maximum atomic E-state index is 12.0. The lowest BCUT2D eigenvalue weighted by atomic mass is 10.0. The number of aliphatic hydroxyl groups is 1. The van der Waals surface area contributed by atoms with Crippen molar-refractivity contribution in [2.45, 2.75) is 160 Å². The van der Waals surface area contributed by atoms with Gasteiger partial charge in [0.1, 0.15) is 25.9 Å². The Kier molecular flexibility index (Phi) is 46.0. The summed E-state index contributed by atoms with van der Waals surface area (Å²) in [6, 6.07) is -1.14. The van der Waals surface area contributed by atoms with Gasteiger partial charge in [0, 0.05) is 46.0 Å². The Labute approximate surface area is 382 Å². The molecule has 0 aliphatic heterocycles. The van der Waals surface area contributed by atoms with Crippen LogP contribution in [0.3, 0.4) is 0 Å². The minimum absolute atomic E-state index is 0.00936. The standard InChI is InChI=1S/C24H44N2O6.C21H41N3O8/c1-25-24(32)20(18-19-23(30)31)26-21(27)16-14-12-10-8-6-4-2-3-5-7-9-11-13-15-17-22(28)29;1-3-9-29-11-13-31-17-21(28)24-8-10-30-12-14-32-16-20(27)23-7-5-4-6-18(22-2)19(26)15-25/h20H,2-19H2,1H3,(H,25,32)(H,26,27)(H,28,29)(H,30,31);18,22,25H,3-17H2,1-2H3,(H,23,27)(H,24,28)/t20-;18-/m00/s1. The number of likely N-dealkylation sites (N-methyl/N-ethyl adjacent to an activating group) is 2. The second kappa shape index (κ2) is 47.2. The molecule has 0 fully saturated rings. The normalized spacial score (nSPS) is 11.8. The van der Waals surface area contributed by atoms with Crippen molar-refractivity contribution in [3.05, 3.63) is 0 Å².